The van der Waals surface area contributed by atoms with E-state index in [2.05, 4.69) is 5.73 Å². The van der Waals surface area contributed by atoms with Crippen LogP contribution in [0.5, 0.6) is 0 Å². The number of ketones is 2. The van der Waals surface area contributed by atoms with Crippen molar-refractivity contribution in [2.75, 3.05) is 0 Å². The molecular weight excluding hydrogens is 214 g/mol. The molecule has 0 heterocycles. The highest BCUT2D eigenvalue weighted by atomic mass is 16.1. The maximum Gasteiger partial charge on any atom is 0.177 e. The first kappa shape index (κ1) is 10.2. The highest BCUT2D eigenvalue weighted by Crippen LogP contribution is 2.35. The summed E-state index contributed by atoms with van der Waals surface area (Å²) in [4.78, 5) is 24.6. The Balaban J connectivity index is 2.25. The summed E-state index contributed by atoms with van der Waals surface area (Å²) in [6.07, 6.45) is 7.26. The van der Waals surface area contributed by atoms with E-state index in [-0.39, 0.29) is 23.4 Å². The Morgan fingerprint density at radius 3 is 2.29 bits per heavy atom. The van der Waals surface area contributed by atoms with E-state index >= 15 is 0 Å². The van der Waals surface area contributed by atoms with Gasteiger partial charge in [0.05, 0.1) is 17.4 Å². The van der Waals surface area contributed by atoms with Crippen LogP contribution in [0, 0.1) is 11.8 Å². The first-order valence-corrected chi connectivity index (χ1v) is 5.58. The standard InChI is InChI=1S/C14H11NO2/c15-11-7-3-6-10-12(11)14(17)9-5-2-1-4-8(9)13(10)16/h1-9H,15H2/p+1. The Morgan fingerprint density at radius 1 is 0.941 bits per heavy atom. The van der Waals surface area contributed by atoms with Crippen LogP contribution in [0.15, 0.2) is 42.5 Å². The van der Waals surface area contributed by atoms with Crippen molar-refractivity contribution in [1.82, 2.24) is 0 Å². The van der Waals surface area contributed by atoms with Crippen molar-refractivity contribution in [3.8, 4) is 0 Å². The number of quaternary nitrogens is 1. The molecule has 3 N–H and O–H groups in total. The minimum absolute atomic E-state index is 0.0100. The fourth-order valence-electron chi connectivity index (χ4n) is 2.55. The molecule has 2 aliphatic rings. The van der Waals surface area contributed by atoms with E-state index in [4.69, 9.17) is 0 Å². The average molecular weight is 226 g/mol. The van der Waals surface area contributed by atoms with E-state index in [0.29, 0.717) is 16.8 Å². The fourth-order valence-corrected chi connectivity index (χ4v) is 2.55. The zero-order valence-corrected chi connectivity index (χ0v) is 9.22. The lowest BCUT2D eigenvalue weighted by Gasteiger charge is -2.28. The summed E-state index contributed by atoms with van der Waals surface area (Å²) >= 11 is 0. The molecule has 3 heteroatoms. The minimum Gasteiger partial charge on any atom is -0.325 e. The molecule has 2 atom stereocenters. The highest BCUT2D eigenvalue weighted by Gasteiger charge is 2.41. The van der Waals surface area contributed by atoms with Crippen molar-refractivity contribution in [1.29, 1.82) is 0 Å². The van der Waals surface area contributed by atoms with E-state index in [1.165, 1.54) is 0 Å². The minimum atomic E-state index is -0.345. The zero-order valence-electron chi connectivity index (χ0n) is 9.22. The van der Waals surface area contributed by atoms with Gasteiger partial charge in [-0.05, 0) is 6.07 Å². The molecule has 1 aromatic carbocycles. The van der Waals surface area contributed by atoms with Gasteiger partial charge in [0.1, 0.15) is 5.69 Å². The maximum absolute atomic E-state index is 12.3. The van der Waals surface area contributed by atoms with Gasteiger partial charge in [0, 0.05) is 5.56 Å². The van der Waals surface area contributed by atoms with Crippen LogP contribution in [0.2, 0.25) is 0 Å². The Kier molecular flexibility index (Phi) is 2.09. The summed E-state index contributed by atoms with van der Waals surface area (Å²) in [6, 6.07) is 5.26. The predicted octanol–water partition coefficient (Wildman–Crippen LogP) is 1.30. The molecule has 0 aliphatic heterocycles. The second-order valence-electron chi connectivity index (χ2n) is 4.39. The predicted molar refractivity (Wildman–Crippen MR) is 62.9 cm³/mol. The smallest absolute Gasteiger partial charge is 0.177 e. The van der Waals surface area contributed by atoms with Crippen LogP contribution in [-0.4, -0.2) is 11.6 Å². The normalized spacial score (nSPS) is 25.7. The summed E-state index contributed by atoms with van der Waals surface area (Å²) in [7, 11) is 0. The van der Waals surface area contributed by atoms with Gasteiger partial charge in [0.15, 0.2) is 11.6 Å². The quantitative estimate of drug-likeness (QED) is 0.724. The average Bonchev–Trinajstić information content (AvgIpc) is 2.36. The Bertz CT molecular complexity index is 584. The van der Waals surface area contributed by atoms with E-state index in [1.807, 2.05) is 18.2 Å². The summed E-state index contributed by atoms with van der Waals surface area (Å²) in [5, 5.41) is 0. The number of carbonyl (C=O) groups is 2. The molecule has 1 aromatic rings. The van der Waals surface area contributed by atoms with E-state index in [0.717, 1.165) is 0 Å². The fraction of sp³-hybridized carbons (Fsp3) is 0.143. The Morgan fingerprint density at radius 2 is 1.59 bits per heavy atom. The number of hydrogen-bond acceptors (Lipinski definition) is 2. The van der Waals surface area contributed by atoms with Crippen LogP contribution in [0.1, 0.15) is 20.7 Å². The van der Waals surface area contributed by atoms with Crippen LogP contribution in [0.4, 0.5) is 5.69 Å². The second kappa shape index (κ2) is 3.50. The number of rotatable bonds is 0. The van der Waals surface area contributed by atoms with Gasteiger partial charge in [-0.25, -0.2) is 0 Å². The largest absolute Gasteiger partial charge is 0.325 e. The lowest BCUT2D eigenvalue weighted by Crippen LogP contribution is -2.45. The third-order valence-corrected chi connectivity index (χ3v) is 3.40. The summed E-state index contributed by atoms with van der Waals surface area (Å²) in [5.41, 5.74) is 5.50. The van der Waals surface area contributed by atoms with Crippen molar-refractivity contribution in [3.05, 3.63) is 53.6 Å². The third kappa shape index (κ3) is 1.33. The molecule has 17 heavy (non-hydrogen) atoms. The molecule has 0 spiro atoms. The van der Waals surface area contributed by atoms with Crippen molar-refractivity contribution in [2.24, 2.45) is 11.8 Å². The van der Waals surface area contributed by atoms with E-state index < -0.39 is 0 Å². The molecule has 0 bridgehead atoms. The maximum atomic E-state index is 12.3. The molecule has 0 amide bonds. The summed E-state index contributed by atoms with van der Waals surface area (Å²) < 4.78 is 0. The van der Waals surface area contributed by atoms with Crippen LogP contribution in [0.3, 0.4) is 0 Å². The van der Waals surface area contributed by atoms with Gasteiger partial charge < -0.3 is 5.73 Å². The van der Waals surface area contributed by atoms with Crippen molar-refractivity contribution in [3.63, 3.8) is 0 Å². The number of benzene rings is 1. The summed E-state index contributed by atoms with van der Waals surface area (Å²) in [5.74, 6) is -0.642. The van der Waals surface area contributed by atoms with Gasteiger partial charge in [0.25, 0.3) is 0 Å². The molecule has 2 aliphatic carbocycles. The number of Topliss-reactive ketones (excluding diaryl/α,β-unsaturated/α-hetero) is 2. The number of carbonyl (C=O) groups excluding carboxylic acids is 2. The van der Waals surface area contributed by atoms with Crippen LogP contribution < -0.4 is 5.73 Å². The van der Waals surface area contributed by atoms with Crippen LogP contribution in [0.25, 0.3) is 0 Å². The Labute approximate surface area is 98.6 Å². The van der Waals surface area contributed by atoms with Gasteiger partial charge in [-0.1, -0.05) is 36.4 Å². The van der Waals surface area contributed by atoms with Gasteiger partial charge >= 0.3 is 0 Å². The second-order valence-corrected chi connectivity index (χ2v) is 4.39. The molecule has 0 radical (unpaired) electrons. The summed E-state index contributed by atoms with van der Waals surface area (Å²) in [6.45, 7) is 0. The molecule has 2 unspecified atom stereocenters. The molecular formula is C14H12NO2+. The lowest BCUT2D eigenvalue weighted by atomic mass is 9.72. The van der Waals surface area contributed by atoms with Gasteiger partial charge in [-0.3, -0.25) is 9.59 Å². The number of allylic oxidation sites excluding steroid dienone is 4. The molecule has 3 nitrogen and oxygen atoms in total. The van der Waals surface area contributed by atoms with Crippen LogP contribution >= 0.6 is 0 Å². The number of hydrogen-bond donors (Lipinski definition) is 1. The van der Waals surface area contributed by atoms with Crippen LogP contribution in [-0.2, 0) is 0 Å². The van der Waals surface area contributed by atoms with E-state index in [1.54, 1.807) is 24.3 Å². The molecule has 0 fully saturated rings. The molecule has 3 rings (SSSR count). The van der Waals surface area contributed by atoms with Gasteiger partial charge in [-0.2, -0.15) is 0 Å². The van der Waals surface area contributed by atoms with Crippen molar-refractivity contribution >= 4 is 17.3 Å². The highest BCUT2D eigenvalue weighted by molar-refractivity contribution is 6.19. The first-order valence-electron chi connectivity index (χ1n) is 5.58. The lowest BCUT2D eigenvalue weighted by molar-refractivity contribution is -0.255. The third-order valence-electron chi connectivity index (χ3n) is 3.40. The first-order chi connectivity index (χ1) is 8.20. The molecule has 0 aromatic heterocycles. The van der Waals surface area contributed by atoms with E-state index in [9.17, 15) is 9.59 Å². The monoisotopic (exact) mass is 226 g/mol. The van der Waals surface area contributed by atoms with Crippen molar-refractivity contribution < 1.29 is 15.3 Å². The number of fused-ring (bicyclic) bond motifs is 2. The molecule has 84 valence electrons. The Hall–Kier alpha value is -2.00. The SMILES string of the molecule is [NH3+]c1cccc2c1C(=O)C1C=CC=CC1C2=O. The zero-order chi connectivity index (χ0) is 12.0. The molecule has 0 saturated carbocycles. The van der Waals surface area contributed by atoms with Gasteiger partial charge in [0.2, 0.25) is 0 Å². The van der Waals surface area contributed by atoms with Gasteiger partial charge in [-0.15, -0.1) is 0 Å². The molecule has 0 saturated heterocycles. The topological polar surface area (TPSA) is 61.8 Å². The van der Waals surface area contributed by atoms with Crippen molar-refractivity contribution in [2.45, 2.75) is 0 Å².